The third-order valence-corrected chi connectivity index (χ3v) is 6.72. The van der Waals surface area contributed by atoms with Gasteiger partial charge in [0.1, 0.15) is 5.75 Å². The normalized spacial score (nSPS) is 14.7. The van der Waals surface area contributed by atoms with E-state index in [4.69, 9.17) is 4.74 Å². The largest absolute Gasteiger partial charge is 0.494 e. The Morgan fingerprint density at radius 1 is 1.03 bits per heavy atom. The lowest BCUT2D eigenvalue weighted by molar-refractivity contribution is 0.191. The molecule has 0 radical (unpaired) electrons. The zero-order valence-electron chi connectivity index (χ0n) is 20.4. The summed E-state index contributed by atoms with van der Waals surface area (Å²) in [5, 5.41) is 5.56. The van der Waals surface area contributed by atoms with Gasteiger partial charge in [0, 0.05) is 44.1 Å². The van der Waals surface area contributed by atoms with Gasteiger partial charge < -0.3 is 24.4 Å². The second kappa shape index (κ2) is 9.70. The number of nitrogens with zero attached hydrogens (tertiary/aromatic N) is 4. The number of nitrogens with one attached hydrogen (secondary N) is 1. The van der Waals surface area contributed by atoms with E-state index in [1.165, 1.54) is 10.8 Å². The molecule has 0 unspecified atom stereocenters. The van der Waals surface area contributed by atoms with Gasteiger partial charge in [0.2, 0.25) is 0 Å². The summed E-state index contributed by atoms with van der Waals surface area (Å²) in [5.74, 6) is 0.795. The van der Waals surface area contributed by atoms with Gasteiger partial charge in [-0.15, -0.1) is 0 Å². The zero-order valence-corrected chi connectivity index (χ0v) is 20.4. The molecule has 180 valence electrons. The monoisotopic (exact) mass is 469 g/mol. The minimum Gasteiger partial charge on any atom is -0.494 e. The fourth-order valence-corrected chi connectivity index (χ4v) is 4.78. The van der Waals surface area contributed by atoms with Crippen molar-refractivity contribution in [1.29, 1.82) is 0 Å². The number of anilines is 1. The molecule has 1 saturated heterocycles. The predicted molar refractivity (Wildman–Crippen MR) is 140 cm³/mol. The van der Waals surface area contributed by atoms with Crippen molar-refractivity contribution in [1.82, 2.24) is 19.8 Å². The van der Waals surface area contributed by atoms with Crippen LogP contribution < -0.4 is 15.0 Å². The van der Waals surface area contributed by atoms with Crippen LogP contribution in [-0.2, 0) is 0 Å². The quantitative estimate of drug-likeness (QED) is 0.450. The minimum absolute atomic E-state index is 0.0199. The van der Waals surface area contributed by atoms with E-state index in [9.17, 15) is 4.79 Å². The number of fused-ring (bicyclic) bond motifs is 1. The molecule has 1 aromatic heterocycles. The Hall–Kier alpha value is -4.00. The summed E-state index contributed by atoms with van der Waals surface area (Å²) in [6.07, 6.45) is 3.78. The highest BCUT2D eigenvalue weighted by atomic mass is 16.5. The molecule has 7 nitrogen and oxygen atoms in total. The van der Waals surface area contributed by atoms with Crippen LogP contribution in [0.25, 0.3) is 16.5 Å². The van der Waals surface area contributed by atoms with E-state index in [1.54, 1.807) is 13.4 Å². The Balaban J connectivity index is 1.22. The van der Waals surface area contributed by atoms with Gasteiger partial charge in [0.05, 0.1) is 30.9 Å². The van der Waals surface area contributed by atoms with E-state index in [2.05, 4.69) is 57.7 Å². The molecule has 1 fully saturated rings. The summed E-state index contributed by atoms with van der Waals surface area (Å²) >= 11 is 0. The first-order valence-electron chi connectivity index (χ1n) is 12.0. The molecule has 2 heterocycles. The maximum Gasteiger partial charge on any atom is 0.317 e. The molecular formula is C28H31N5O2. The number of urea groups is 1. The number of amides is 2. The highest BCUT2D eigenvalue weighted by molar-refractivity contribution is 5.86. The number of ether oxygens (including phenoxy) is 1. The summed E-state index contributed by atoms with van der Waals surface area (Å²) in [4.78, 5) is 21.5. The lowest BCUT2D eigenvalue weighted by Crippen LogP contribution is -2.52. The van der Waals surface area contributed by atoms with Gasteiger partial charge in [-0.1, -0.05) is 42.5 Å². The van der Waals surface area contributed by atoms with E-state index in [0.717, 1.165) is 41.5 Å². The number of aromatic nitrogens is 2. The van der Waals surface area contributed by atoms with E-state index >= 15 is 0 Å². The van der Waals surface area contributed by atoms with Crippen LogP contribution in [0.3, 0.4) is 0 Å². The average Bonchev–Trinajstić information content (AvgIpc) is 3.33. The molecule has 2 amide bonds. The van der Waals surface area contributed by atoms with Crippen LogP contribution in [0.4, 0.5) is 10.5 Å². The molecular weight excluding hydrogens is 438 g/mol. The highest BCUT2D eigenvalue weighted by Gasteiger charge is 2.23. The van der Waals surface area contributed by atoms with Crippen molar-refractivity contribution in [2.75, 3.05) is 38.2 Å². The van der Waals surface area contributed by atoms with Crippen molar-refractivity contribution in [3.05, 3.63) is 84.4 Å². The summed E-state index contributed by atoms with van der Waals surface area (Å²) in [6, 6.07) is 20.7. The van der Waals surface area contributed by atoms with Crippen LogP contribution in [0.5, 0.6) is 5.75 Å². The van der Waals surface area contributed by atoms with Crippen molar-refractivity contribution >= 4 is 22.5 Å². The third-order valence-electron chi connectivity index (χ3n) is 6.72. The van der Waals surface area contributed by atoms with Crippen LogP contribution in [0.1, 0.15) is 24.2 Å². The van der Waals surface area contributed by atoms with Crippen molar-refractivity contribution in [2.24, 2.45) is 0 Å². The number of imidazole rings is 1. The number of hydrogen-bond donors (Lipinski definition) is 1. The second-order valence-corrected chi connectivity index (χ2v) is 8.99. The van der Waals surface area contributed by atoms with E-state index < -0.39 is 0 Å². The van der Waals surface area contributed by atoms with Crippen LogP contribution in [-0.4, -0.2) is 53.8 Å². The van der Waals surface area contributed by atoms with E-state index in [0.29, 0.717) is 13.1 Å². The first-order chi connectivity index (χ1) is 17.0. The molecule has 3 aromatic carbocycles. The number of piperazine rings is 1. The van der Waals surface area contributed by atoms with Gasteiger partial charge in [-0.05, 0) is 42.3 Å². The number of methoxy groups -OCH3 is 1. The Bertz CT molecular complexity index is 1330. The maximum atomic E-state index is 13.0. The number of rotatable bonds is 5. The van der Waals surface area contributed by atoms with Gasteiger partial charge in [0.15, 0.2) is 0 Å². The van der Waals surface area contributed by atoms with Crippen molar-refractivity contribution in [2.45, 2.75) is 19.9 Å². The van der Waals surface area contributed by atoms with Crippen molar-refractivity contribution < 1.29 is 9.53 Å². The fraction of sp³-hybridized carbons (Fsp3) is 0.286. The molecule has 35 heavy (non-hydrogen) atoms. The molecule has 0 spiro atoms. The van der Waals surface area contributed by atoms with Gasteiger partial charge in [0.25, 0.3) is 0 Å². The first-order valence-corrected chi connectivity index (χ1v) is 12.0. The minimum atomic E-state index is -0.0738. The SMILES string of the molecule is COc1cc(N2CCN(C(=O)N[C@H](C)c3cccc4ccccc34)CC2)ccc1-n1cnc(C)c1. The lowest BCUT2D eigenvalue weighted by Gasteiger charge is -2.36. The Labute approximate surface area is 205 Å². The molecule has 0 bridgehead atoms. The van der Waals surface area contributed by atoms with E-state index in [-0.39, 0.29) is 12.1 Å². The summed E-state index contributed by atoms with van der Waals surface area (Å²) in [7, 11) is 1.69. The molecule has 7 heteroatoms. The topological polar surface area (TPSA) is 62.6 Å². The zero-order chi connectivity index (χ0) is 24.4. The van der Waals surface area contributed by atoms with E-state index in [1.807, 2.05) is 47.7 Å². The number of carbonyl (C=O) groups excluding carboxylic acids is 1. The third kappa shape index (κ3) is 4.67. The van der Waals surface area contributed by atoms with Gasteiger partial charge in [-0.25, -0.2) is 9.78 Å². The van der Waals surface area contributed by atoms with Crippen LogP contribution in [0.15, 0.2) is 73.2 Å². The smallest absolute Gasteiger partial charge is 0.317 e. The summed E-state index contributed by atoms with van der Waals surface area (Å²) in [6.45, 7) is 6.88. The molecule has 4 aromatic rings. The van der Waals surface area contributed by atoms with Gasteiger partial charge >= 0.3 is 6.03 Å². The van der Waals surface area contributed by atoms with Gasteiger partial charge in [-0.2, -0.15) is 0 Å². The molecule has 1 aliphatic heterocycles. The van der Waals surface area contributed by atoms with Crippen LogP contribution in [0.2, 0.25) is 0 Å². The molecule has 0 aliphatic carbocycles. The Kier molecular flexibility index (Phi) is 6.31. The predicted octanol–water partition coefficient (Wildman–Crippen LogP) is 4.94. The fourth-order valence-electron chi connectivity index (χ4n) is 4.78. The van der Waals surface area contributed by atoms with Crippen molar-refractivity contribution in [3.8, 4) is 11.4 Å². The second-order valence-electron chi connectivity index (χ2n) is 8.99. The number of aryl methyl sites for hydroxylation is 1. The molecule has 1 aliphatic rings. The van der Waals surface area contributed by atoms with Gasteiger partial charge in [-0.3, -0.25) is 0 Å². The molecule has 1 N–H and O–H groups in total. The first kappa shape index (κ1) is 22.8. The lowest BCUT2D eigenvalue weighted by atomic mass is 10.00. The number of benzene rings is 3. The van der Waals surface area contributed by atoms with Crippen LogP contribution in [0, 0.1) is 6.92 Å². The molecule has 5 rings (SSSR count). The molecule has 0 saturated carbocycles. The average molecular weight is 470 g/mol. The summed E-state index contributed by atoms with van der Waals surface area (Å²) < 4.78 is 7.64. The number of hydrogen-bond acceptors (Lipinski definition) is 4. The standard InChI is InChI=1S/C28H31N5O2/c1-20-18-33(19-29-20)26-12-11-23(17-27(26)35-3)31-13-15-32(16-14-31)28(34)30-21(2)24-10-6-8-22-7-4-5-9-25(22)24/h4-12,17-19,21H,13-16H2,1-3H3,(H,30,34)/t21-/m1/s1. The highest BCUT2D eigenvalue weighted by Crippen LogP contribution is 2.30. The Morgan fingerprint density at radius 2 is 1.80 bits per heavy atom. The molecule has 1 atom stereocenters. The number of carbonyl (C=O) groups is 1. The van der Waals surface area contributed by atoms with Crippen LogP contribution >= 0.6 is 0 Å². The maximum absolute atomic E-state index is 13.0. The van der Waals surface area contributed by atoms with Crippen molar-refractivity contribution in [3.63, 3.8) is 0 Å². The summed E-state index contributed by atoms with van der Waals surface area (Å²) in [5.41, 5.74) is 4.14. The Morgan fingerprint density at radius 3 is 2.54 bits per heavy atom.